The first-order valence-electron chi connectivity index (χ1n) is 34.9. The van der Waals surface area contributed by atoms with Gasteiger partial charge in [0.2, 0.25) is 18.7 Å². The molecule has 111 heavy (non-hydrogen) atoms. The summed E-state index contributed by atoms with van der Waals surface area (Å²) in [6.45, 7) is 41.3. The lowest BCUT2D eigenvalue weighted by molar-refractivity contribution is -0.152. The molecule has 4 unspecified atom stereocenters. The molecule has 18 atom stereocenters. The van der Waals surface area contributed by atoms with Crippen LogP contribution < -0.4 is 30.6 Å². The number of ether oxygens (including phenoxy) is 6. The third-order valence-electron chi connectivity index (χ3n) is 16.7. The van der Waals surface area contributed by atoms with Gasteiger partial charge in [-0.15, -0.1) is 0 Å². The molecule has 3 aromatic carbocycles. The highest BCUT2D eigenvalue weighted by molar-refractivity contribution is 7.71. The number of aromatic amines is 3. The zero-order chi connectivity index (χ0) is 82.0. The smallest absolute Gasteiger partial charge is 0.380 e. The molecule has 0 bridgehead atoms. The van der Waals surface area contributed by atoms with Crippen LogP contribution >= 0.6 is 59.4 Å². The second kappa shape index (κ2) is 40.3. The lowest BCUT2D eigenvalue weighted by Crippen LogP contribution is -2.34. The van der Waals surface area contributed by atoms with E-state index in [4.69, 9.17) is 112 Å². The minimum absolute atomic E-state index is 0.253. The Morgan fingerprint density at radius 3 is 0.874 bits per heavy atom. The van der Waals surface area contributed by atoms with Gasteiger partial charge in [-0.1, -0.05) is 112 Å². The van der Waals surface area contributed by atoms with Crippen molar-refractivity contribution in [1.82, 2.24) is 28.7 Å². The largest absolute Gasteiger partial charge is 0.463 e. The van der Waals surface area contributed by atoms with E-state index < -0.39 is 169 Å². The topological polar surface area (TPSA) is 400 Å². The highest BCUT2D eigenvalue weighted by atomic mass is 32.1. The first-order chi connectivity index (χ1) is 52.3. The van der Waals surface area contributed by atoms with Crippen LogP contribution in [0.4, 0.5) is 0 Å². The second-order valence-electron chi connectivity index (χ2n) is 27.1. The van der Waals surface area contributed by atoms with E-state index in [-0.39, 0.29) is 68.0 Å². The number of carbonyl (C=O) groups excluding carboxylic acids is 3. The molecular weight excluding hydrogens is 1560 g/mol. The highest BCUT2D eigenvalue weighted by Gasteiger charge is 2.54. The number of hydrogen-bond acceptors (Lipinski definition) is 27. The van der Waals surface area contributed by atoms with Gasteiger partial charge in [-0.05, 0) is 98.7 Å². The molecule has 33 nitrogen and oxygen atoms in total. The molecule has 39 heteroatoms. The number of hydrogen-bond donors (Lipinski definition) is 6. The van der Waals surface area contributed by atoms with E-state index in [2.05, 4.69) is 29.5 Å². The molecule has 3 fully saturated rings. The summed E-state index contributed by atoms with van der Waals surface area (Å²) in [5.74, 6) is -3.33. The fourth-order valence-corrected chi connectivity index (χ4v) is 17.2. The number of nitrogens with one attached hydrogen (secondary N) is 3. The van der Waals surface area contributed by atoms with Gasteiger partial charge in [-0.3, -0.25) is 56.6 Å². The molecule has 3 saturated heterocycles. The van der Waals surface area contributed by atoms with Gasteiger partial charge in [0.15, 0.2) is 18.3 Å². The molecule has 0 radical (unpaired) electrons. The molecule has 9 rings (SSSR count). The Labute approximate surface area is 655 Å². The van der Waals surface area contributed by atoms with Crippen LogP contribution in [0.15, 0.2) is 124 Å². The van der Waals surface area contributed by atoms with Crippen molar-refractivity contribution >= 4 is 77.3 Å². The first-order valence-corrected chi connectivity index (χ1v) is 41.3. The average molecular weight is 1650 g/mol. The number of aliphatic hydroxyl groups is 3. The minimum Gasteiger partial charge on any atom is -0.463 e. The lowest BCUT2D eigenvalue weighted by atomic mass is 10.1. The zero-order valence-corrected chi connectivity index (χ0v) is 67.8. The monoisotopic (exact) mass is 1650 g/mol. The van der Waals surface area contributed by atoms with Crippen molar-refractivity contribution in [2.45, 2.75) is 175 Å². The number of rotatable bonds is 30. The van der Waals surface area contributed by atoms with Crippen molar-refractivity contribution in [3.05, 3.63) is 206 Å². The van der Waals surface area contributed by atoms with Gasteiger partial charge in [0.05, 0.1) is 74.4 Å². The molecule has 6 N–H and O–H groups in total. The van der Waals surface area contributed by atoms with Crippen LogP contribution in [0, 0.1) is 72.2 Å². The van der Waals surface area contributed by atoms with Crippen molar-refractivity contribution in [3.8, 4) is 17.2 Å². The quantitative estimate of drug-likeness (QED) is 0.00802. The molecule has 3 aromatic heterocycles. The third kappa shape index (κ3) is 24.8. The molecule has 3 aliphatic rings. The van der Waals surface area contributed by atoms with Crippen molar-refractivity contribution in [3.63, 3.8) is 0 Å². The van der Waals surface area contributed by atoms with Crippen molar-refractivity contribution < 1.29 is 99.0 Å². The Bertz CT molecular complexity index is 4390. The predicted molar refractivity (Wildman–Crippen MR) is 410 cm³/mol. The molecular formula is C72H90N9O24P3S3. The summed E-state index contributed by atoms with van der Waals surface area (Å²) in [6, 6.07) is 21.6. The van der Waals surface area contributed by atoms with Crippen LogP contribution in [0.1, 0.15) is 97.7 Å². The number of aromatic nitrogens is 6. The Kier molecular flexibility index (Phi) is 32.6. The summed E-state index contributed by atoms with van der Waals surface area (Å²) >= 11 is 15.2. The van der Waals surface area contributed by atoms with E-state index >= 15 is 0 Å². The van der Waals surface area contributed by atoms with E-state index in [0.717, 1.165) is 13.7 Å². The lowest BCUT2D eigenvalue weighted by Gasteiger charge is -2.24. The van der Waals surface area contributed by atoms with Crippen LogP contribution in [0.3, 0.4) is 0 Å². The number of benzene rings is 3. The number of aryl methyl sites for hydroxylation is 3. The van der Waals surface area contributed by atoms with Gasteiger partial charge in [-0.2, -0.15) is 0 Å². The number of esters is 3. The summed E-state index contributed by atoms with van der Waals surface area (Å²) in [6.07, 6.45) is -8.36. The standard InChI is InChI=1S/3C24H30N3O8PS/c3*1-14(2)33-23(29)16(4)13-36(31,35-17-9-7-6-8-10-17)32-12-18-20(28)19(25-5)22(34-18)27-11-15(3)21(37)26-24(27)30/h3*6-11,14,16,18-20,22,28H,12-13H2,1-4H3,(H,26,30,37)/t16-,18+,19-,20?,22+,36?;16-,18+,19-,20?,22+,36+;16-,18+,19-,20?,22+,36-/m111/s1. The van der Waals surface area contributed by atoms with Gasteiger partial charge < -0.3 is 71.8 Å². The summed E-state index contributed by atoms with van der Waals surface area (Å²) in [5.41, 5.74) is -0.0479. The van der Waals surface area contributed by atoms with Crippen LogP contribution in [-0.2, 0) is 70.1 Å². The van der Waals surface area contributed by atoms with Crippen molar-refractivity contribution in [2.75, 3.05) is 38.3 Å². The number of H-pyrrole nitrogens is 3. The van der Waals surface area contributed by atoms with E-state index in [1.165, 1.54) is 18.6 Å². The van der Waals surface area contributed by atoms with Gasteiger partial charge in [-0.25, -0.2) is 47.8 Å². The summed E-state index contributed by atoms with van der Waals surface area (Å²) in [7, 11) is -11.9. The van der Waals surface area contributed by atoms with Crippen LogP contribution in [0.2, 0.25) is 0 Å². The van der Waals surface area contributed by atoms with E-state index in [1.807, 2.05) is 0 Å². The van der Waals surface area contributed by atoms with E-state index in [1.54, 1.807) is 174 Å². The van der Waals surface area contributed by atoms with Gasteiger partial charge >= 0.3 is 57.8 Å². The summed E-state index contributed by atoms with van der Waals surface area (Å²) in [5, 5.41) is 32.3. The molecule has 0 amide bonds. The fraction of sp³-hybridized carbons (Fsp3) is 0.500. The number of aliphatic hydroxyl groups excluding tert-OH is 3. The highest BCUT2D eigenvalue weighted by Crippen LogP contribution is 2.54. The Balaban J connectivity index is 0.000000231. The predicted octanol–water partition coefficient (Wildman–Crippen LogP) is 10.9. The van der Waals surface area contributed by atoms with Gasteiger partial charge in [0.25, 0.3) is 18.1 Å². The molecule has 3 aliphatic heterocycles. The number of nitrogens with zero attached hydrogens (tertiary/aromatic N) is 6. The van der Waals surface area contributed by atoms with E-state index in [0.29, 0.717) is 16.7 Å². The average Bonchev–Trinajstić information content (AvgIpc) is 1.65. The van der Waals surface area contributed by atoms with E-state index in [9.17, 15) is 57.8 Å². The van der Waals surface area contributed by atoms with Crippen molar-refractivity contribution in [1.29, 1.82) is 0 Å². The van der Waals surface area contributed by atoms with Crippen LogP contribution in [0.5, 0.6) is 17.2 Å². The van der Waals surface area contributed by atoms with Crippen molar-refractivity contribution in [2.24, 2.45) is 17.8 Å². The maximum Gasteiger partial charge on any atom is 0.380 e. The Morgan fingerprint density at radius 1 is 0.441 bits per heavy atom. The summed E-state index contributed by atoms with van der Waals surface area (Å²) < 4.78 is 113. The zero-order valence-electron chi connectivity index (χ0n) is 62.7. The normalized spacial score (nSPS) is 23.7. The minimum atomic E-state index is -3.98. The third-order valence-corrected chi connectivity index (χ3v) is 24.1. The molecule has 0 saturated carbocycles. The fourth-order valence-electron chi connectivity index (χ4n) is 11.1. The van der Waals surface area contributed by atoms with Crippen LogP contribution in [-0.4, -0.2) is 173 Å². The maximum atomic E-state index is 13.8. The first kappa shape index (κ1) is 89.8. The molecule has 600 valence electrons. The van der Waals surface area contributed by atoms with Gasteiger partial charge in [0.1, 0.15) is 49.5 Å². The summed E-state index contributed by atoms with van der Waals surface area (Å²) in [4.78, 5) is 92.4. The number of carbonyl (C=O) groups is 3. The Morgan fingerprint density at radius 2 is 0.667 bits per heavy atom. The molecule has 0 spiro atoms. The molecule has 6 aromatic rings. The second-order valence-corrected chi connectivity index (χ2v) is 34.4. The molecule has 6 heterocycles. The van der Waals surface area contributed by atoms with Crippen LogP contribution in [0.25, 0.3) is 14.5 Å². The SMILES string of the molecule is [C-]#[N+][C@@H]1C(O)[C@H](COP(=O)(C[C@@H](C)C(=O)OC(C)C)Oc2ccccc2)O[C@@H]1n1cc(C)c(=S)[nH]c1=O.[C-]#[N+][C@@H]1C(O)[C@H](CO[P@@](=O)(C[C@@H](C)C(=O)OC(C)C)Oc2ccccc2)O[C@@H]1n1cc(C)c(=S)[nH]c1=O.[C-]#[N+][C@@H]1C(O)[C@H](CO[P@](=O)(C[C@@H](C)C(=O)OC(C)C)Oc2ccccc2)O[C@@H]1n1cc(C)c(=S)[nH]c1=O. The van der Waals surface area contributed by atoms with Gasteiger partial charge in [0, 0.05) is 35.3 Å². The molecule has 0 aliphatic carbocycles. The Hall–Kier alpha value is -8.43. The number of para-hydroxylation sites is 3. The maximum absolute atomic E-state index is 13.8.